The second kappa shape index (κ2) is 7.31. The van der Waals surface area contributed by atoms with E-state index in [0.717, 1.165) is 26.2 Å². The van der Waals surface area contributed by atoms with Crippen molar-refractivity contribution in [3.63, 3.8) is 0 Å². The Hall–Kier alpha value is -1.75. The Labute approximate surface area is 126 Å². The van der Waals surface area contributed by atoms with Gasteiger partial charge in [0, 0.05) is 26.2 Å². The topological polar surface area (TPSA) is 50.8 Å². The van der Waals surface area contributed by atoms with Crippen LogP contribution >= 0.6 is 0 Å². The van der Waals surface area contributed by atoms with Crippen molar-refractivity contribution in [1.29, 1.82) is 0 Å². The highest BCUT2D eigenvalue weighted by Crippen LogP contribution is 2.28. The van der Waals surface area contributed by atoms with Gasteiger partial charge in [-0.25, -0.2) is 0 Å². The van der Waals surface area contributed by atoms with Crippen LogP contribution in [0.3, 0.4) is 0 Å². The van der Waals surface area contributed by atoms with Gasteiger partial charge in [0.25, 0.3) is 5.91 Å². The van der Waals surface area contributed by atoms with Crippen molar-refractivity contribution in [1.82, 2.24) is 10.2 Å². The maximum Gasteiger partial charge on any atom is 0.264 e. The molecule has 1 saturated heterocycles. The number of hydrogen-bond acceptors (Lipinski definition) is 4. The predicted octanol–water partition coefficient (Wildman–Crippen LogP) is 1.53. The molecule has 5 heteroatoms. The number of rotatable bonds is 5. The van der Waals surface area contributed by atoms with Crippen LogP contribution in [0.2, 0.25) is 0 Å². The van der Waals surface area contributed by atoms with Gasteiger partial charge in [-0.1, -0.05) is 26.0 Å². The number of nitrogens with zero attached hydrogens (tertiary/aromatic N) is 1. The fraction of sp³-hybridized carbons (Fsp3) is 0.562. The fourth-order valence-electron chi connectivity index (χ4n) is 2.39. The van der Waals surface area contributed by atoms with E-state index in [1.54, 1.807) is 7.11 Å². The molecule has 1 aromatic carbocycles. The molecular weight excluding hydrogens is 268 g/mol. The second-order valence-corrected chi connectivity index (χ2v) is 5.51. The minimum absolute atomic E-state index is 0.0532. The maximum absolute atomic E-state index is 12.7. The zero-order chi connectivity index (χ0) is 15.2. The van der Waals surface area contributed by atoms with Gasteiger partial charge in [-0.05, 0) is 18.1 Å². The Balaban J connectivity index is 2.13. The molecule has 1 unspecified atom stereocenters. The van der Waals surface area contributed by atoms with Gasteiger partial charge in [0.05, 0.1) is 7.11 Å². The summed E-state index contributed by atoms with van der Waals surface area (Å²) in [5, 5.41) is 3.25. The number of carbonyl (C=O) groups is 1. The molecule has 1 fully saturated rings. The van der Waals surface area contributed by atoms with Gasteiger partial charge in [0.15, 0.2) is 17.6 Å². The monoisotopic (exact) mass is 292 g/mol. The van der Waals surface area contributed by atoms with Crippen molar-refractivity contribution >= 4 is 5.91 Å². The summed E-state index contributed by atoms with van der Waals surface area (Å²) in [7, 11) is 1.60. The Bertz CT molecular complexity index is 470. The number of ether oxygens (including phenoxy) is 2. The van der Waals surface area contributed by atoms with E-state index in [1.807, 2.05) is 43.0 Å². The van der Waals surface area contributed by atoms with Crippen molar-refractivity contribution < 1.29 is 14.3 Å². The van der Waals surface area contributed by atoms with E-state index in [2.05, 4.69) is 5.32 Å². The SMILES string of the molecule is COc1ccccc1OC(C(=O)N1CCNCC1)C(C)C. The summed E-state index contributed by atoms with van der Waals surface area (Å²) in [6, 6.07) is 7.43. The van der Waals surface area contributed by atoms with Gasteiger partial charge in [-0.2, -0.15) is 0 Å². The second-order valence-electron chi connectivity index (χ2n) is 5.51. The third-order valence-electron chi connectivity index (χ3n) is 3.60. The van der Waals surface area contributed by atoms with Crippen LogP contribution in [0, 0.1) is 5.92 Å². The van der Waals surface area contributed by atoms with Crippen molar-refractivity contribution in [2.24, 2.45) is 5.92 Å². The lowest BCUT2D eigenvalue weighted by molar-refractivity contribution is -0.141. The predicted molar refractivity (Wildman–Crippen MR) is 81.7 cm³/mol. The Morgan fingerprint density at radius 2 is 1.81 bits per heavy atom. The van der Waals surface area contributed by atoms with Crippen molar-refractivity contribution in [2.45, 2.75) is 20.0 Å². The van der Waals surface area contributed by atoms with Crippen LogP contribution in [0.4, 0.5) is 0 Å². The van der Waals surface area contributed by atoms with E-state index in [4.69, 9.17) is 9.47 Å². The number of methoxy groups -OCH3 is 1. The van der Waals surface area contributed by atoms with Crippen molar-refractivity contribution in [3.8, 4) is 11.5 Å². The van der Waals surface area contributed by atoms with Crippen LogP contribution < -0.4 is 14.8 Å². The molecule has 0 spiro atoms. The first-order chi connectivity index (χ1) is 10.1. The molecule has 1 heterocycles. The summed E-state index contributed by atoms with van der Waals surface area (Å²) < 4.78 is 11.3. The van der Waals surface area contributed by atoms with Crippen LogP contribution in [0.15, 0.2) is 24.3 Å². The average molecular weight is 292 g/mol. The van der Waals surface area contributed by atoms with Crippen LogP contribution in [0.1, 0.15) is 13.8 Å². The van der Waals surface area contributed by atoms with E-state index in [-0.39, 0.29) is 11.8 Å². The van der Waals surface area contributed by atoms with Crippen LogP contribution in [-0.4, -0.2) is 50.2 Å². The maximum atomic E-state index is 12.7. The summed E-state index contributed by atoms with van der Waals surface area (Å²) in [4.78, 5) is 14.5. The molecule has 2 rings (SSSR count). The summed E-state index contributed by atoms with van der Waals surface area (Å²) in [5.74, 6) is 1.41. The first kappa shape index (κ1) is 15.6. The molecule has 1 aromatic rings. The largest absolute Gasteiger partial charge is 0.493 e. The number of para-hydroxylation sites is 2. The van der Waals surface area contributed by atoms with Gasteiger partial charge in [0.2, 0.25) is 0 Å². The quantitative estimate of drug-likeness (QED) is 0.894. The highest BCUT2D eigenvalue weighted by atomic mass is 16.5. The molecule has 1 amide bonds. The first-order valence-electron chi connectivity index (χ1n) is 7.42. The van der Waals surface area contributed by atoms with Gasteiger partial charge < -0.3 is 19.7 Å². The molecule has 1 aliphatic heterocycles. The van der Waals surface area contributed by atoms with Gasteiger partial charge in [0.1, 0.15) is 0 Å². The van der Waals surface area contributed by atoms with Gasteiger partial charge in [-0.3, -0.25) is 4.79 Å². The van der Waals surface area contributed by atoms with E-state index in [9.17, 15) is 4.79 Å². The van der Waals surface area contributed by atoms with Crippen molar-refractivity contribution in [2.75, 3.05) is 33.3 Å². The normalized spacial score (nSPS) is 16.7. The lowest BCUT2D eigenvalue weighted by Crippen LogP contribution is -2.52. The molecule has 0 aliphatic carbocycles. The Morgan fingerprint density at radius 1 is 1.19 bits per heavy atom. The minimum Gasteiger partial charge on any atom is -0.493 e. The van der Waals surface area contributed by atoms with Crippen molar-refractivity contribution in [3.05, 3.63) is 24.3 Å². The third-order valence-corrected chi connectivity index (χ3v) is 3.60. The lowest BCUT2D eigenvalue weighted by Gasteiger charge is -2.32. The van der Waals surface area contributed by atoms with E-state index < -0.39 is 6.10 Å². The third kappa shape index (κ3) is 3.88. The zero-order valence-electron chi connectivity index (χ0n) is 13.0. The summed E-state index contributed by atoms with van der Waals surface area (Å²) in [6.07, 6.45) is -0.487. The summed E-state index contributed by atoms with van der Waals surface area (Å²) in [6.45, 7) is 7.14. The lowest BCUT2D eigenvalue weighted by atomic mass is 10.1. The van der Waals surface area contributed by atoms with E-state index >= 15 is 0 Å². The number of piperazine rings is 1. The number of hydrogen-bond donors (Lipinski definition) is 1. The molecule has 1 aliphatic rings. The Morgan fingerprint density at radius 3 is 2.38 bits per heavy atom. The highest BCUT2D eigenvalue weighted by molar-refractivity contribution is 5.81. The molecule has 0 bridgehead atoms. The number of benzene rings is 1. The number of amides is 1. The van der Waals surface area contributed by atoms with Crippen LogP contribution in [-0.2, 0) is 4.79 Å². The van der Waals surface area contributed by atoms with Gasteiger partial charge >= 0.3 is 0 Å². The zero-order valence-corrected chi connectivity index (χ0v) is 13.0. The smallest absolute Gasteiger partial charge is 0.264 e. The highest BCUT2D eigenvalue weighted by Gasteiger charge is 2.30. The number of nitrogens with one attached hydrogen (secondary N) is 1. The standard InChI is InChI=1S/C16H24N2O3/c1-12(2)15(16(19)18-10-8-17-9-11-18)21-14-7-5-4-6-13(14)20-3/h4-7,12,15,17H,8-11H2,1-3H3. The number of carbonyl (C=O) groups excluding carboxylic acids is 1. The molecule has 0 radical (unpaired) electrons. The molecule has 1 atom stereocenters. The molecule has 21 heavy (non-hydrogen) atoms. The minimum atomic E-state index is -0.487. The van der Waals surface area contributed by atoms with E-state index in [0.29, 0.717) is 11.5 Å². The van der Waals surface area contributed by atoms with E-state index in [1.165, 1.54) is 0 Å². The Kier molecular flexibility index (Phi) is 5.44. The summed E-state index contributed by atoms with van der Waals surface area (Å²) >= 11 is 0. The first-order valence-corrected chi connectivity index (χ1v) is 7.42. The molecule has 5 nitrogen and oxygen atoms in total. The fourth-order valence-corrected chi connectivity index (χ4v) is 2.39. The van der Waals surface area contributed by atoms with Crippen LogP contribution in [0.5, 0.6) is 11.5 Å². The molecule has 116 valence electrons. The average Bonchev–Trinajstić information content (AvgIpc) is 2.53. The van der Waals surface area contributed by atoms with Crippen LogP contribution in [0.25, 0.3) is 0 Å². The molecule has 0 aromatic heterocycles. The molecule has 0 saturated carbocycles. The molecular formula is C16H24N2O3. The molecule has 1 N–H and O–H groups in total. The van der Waals surface area contributed by atoms with Gasteiger partial charge in [-0.15, -0.1) is 0 Å². The summed E-state index contributed by atoms with van der Waals surface area (Å²) in [5.41, 5.74) is 0.